The summed E-state index contributed by atoms with van der Waals surface area (Å²) >= 11 is 0. The second kappa shape index (κ2) is 22.7. The van der Waals surface area contributed by atoms with E-state index in [0.717, 1.165) is 112 Å². The van der Waals surface area contributed by atoms with Crippen LogP contribution in [0.25, 0.3) is 124 Å². The van der Waals surface area contributed by atoms with E-state index in [0.29, 0.717) is 34.9 Å². The summed E-state index contributed by atoms with van der Waals surface area (Å²) in [5, 5.41) is 0. The van der Waals surface area contributed by atoms with Crippen LogP contribution < -0.4 is 9.47 Å². The van der Waals surface area contributed by atoms with Gasteiger partial charge in [-0.1, -0.05) is 279 Å². The molecule has 20 rings (SSSR count). The minimum atomic E-state index is -0.752. The number of nitrogens with zero attached hydrogens (tertiary/aromatic N) is 6. The fraction of sp³-hybridized carbons (Fsp3) is 0.0217. The summed E-state index contributed by atoms with van der Waals surface area (Å²) in [7, 11) is 0. The first-order valence-corrected chi connectivity index (χ1v) is 33.8. The second-order valence-corrected chi connectivity index (χ2v) is 26.0. The summed E-state index contributed by atoms with van der Waals surface area (Å²) in [6.45, 7) is 0. The number of fused-ring (bicyclic) bond motifs is 18. The molecule has 8 heteroatoms. The van der Waals surface area contributed by atoms with Gasteiger partial charge in [0.05, 0.1) is 10.8 Å². The Balaban J connectivity index is 0.662. The van der Waals surface area contributed by atoms with Gasteiger partial charge < -0.3 is 9.47 Å². The molecule has 4 heterocycles. The summed E-state index contributed by atoms with van der Waals surface area (Å²) in [6, 6.07) is 120. The molecule has 0 fully saturated rings. The molecule has 2 aliphatic carbocycles. The van der Waals surface area contributed by atoms with Crippen LogP contribution in [-0.2, 0) is 10.8 Å². The lowest BCUT2D eigenvalue weighted by Crippen LogP contribution is -2.32. The molecule has 0 unspecified atom stereocenters. The van der Waals surface area contributed by atoms with Gasteiger partial charge >= 0.3 is 0 Å². The monoisotopic (exact) mass is 1280 g/mol. The number of rotatable bonds is 9. The molecular formula is C92H56N6O2. The van der Waals surface area contributed by atoms with E-state index in [2.05, 4.69) is 291 Å². The lowest BCUT2D eigenvalue weighted by atomic mass is 9.65. The molecule has 0 saturated carbocycles. The van der Waals surface area contributed by atoms with Crippen molar-refractivity contribution >= 4 is 0 Å². The van der Waals surface area contributed by atoms with Crippen LogP contribution in [0.3, 0.4) is 0 Å². The number of ether oxygens (including phenoxy) is 2. The number of aromatic nitrogens is 6. The van der Waals surface area contributed by atoms with Crippen LogP contribution in [0.4, 0.5) is 0 Å². The molecule has 14 aromatic carbocycles. The van der Waals surface area contributed by atoms with Crippen molar-refractivity contribution in [1.82, 2.24) is 29.9 Å². The Hall–Kier alpha value is -13.3. The van der Waals surface area contributed by atoms with Crippen molar-refractivity contribution in [2.75, 3.05) is 0 Å². The van der Waals surface area contributed by atoms with Gasteiger partial charge in [-0.2, -0.15) is 0 Å². The van der Waals surface area contributed by atoms with Crippen LogP contribution in [0.5, 0.6) is 23.0 Å². The molecule has 16 aromatic rings. The highest BCUT2D eigenvalue weighted by molar-refractivity contribution is 5.92. The number of hydrogen-bond acceptors (Lipinski definition) is 8. The van der Waals surface area contributed by atoms with Gasteiger partial charge in [0.25, 0.3) is 0 Å². The highest BCUT2D eigenvalue weighted by Gasteiger charge is 2.53. The molecule has 4 aliphatic rings. The molecular weight excluding hydrogens is 1220 g/mol. The predicted octanol–water partition coefficient (Wildman–Crippen LogP) is 22.0. The zero-order valence-corrected chi connectivity index (χ0v) is 53.8. The lowest BCUT2D eigenvalue weighted by Gasteiger charge is -2.39. The highest BCUT2D eigenvalue weighted by Crippen LogP contribution is 2.64. The van der Waals surface area contributed by atoms with Crippen LogP contribution in [-0.4, -0.2) is 29.9 Å². The lowest BCUT2D eigenvalue weighted by molar-refractivity contribution is 0.436. The van der Waals surface area contributed by atoms with Crippen molar-refractivity contribution in [2.24, 2.45) is 0 Å². The number of para-hydroxylation sites is 1. The van der Waals surface area contributed by atoms with Crippen molar-refractivity contribution in [1.29, 1.82) is 0 Å². The zero-order chi connectivity index (χ0) is 65.9. The Kier molecular flexibility index (Phi) is 12.9. The van der Waals surface area contributed by atoms with E-state index < -0.39 is 10.8 Å². The van der Waals surface area contributed by atoms with E-state index >= 15 is 0 Å². The van der Waals surface area contributed by atoms with E-state index in [1.807, 2.05) is 48.5 Å². The molecule has 0 bridgehead atoms. The first-order valence-electron chi connectivity index (χ1n) is 33.8. The van der Waals surface area contributed by atoms with Crippen LogP contribution in [0.15, 0.2) is 340 Å². The van der Waals surface area contributed by atoms with Crippen LogP contribution in [0.2, 0.25) is 0 Å². The largest absolute Gasteiger partial charge is 0.457 e. The molecule has 2 spiro atoms. The minimum absolute atomic E-state index is 0.569. The van der Waals surface area contributed by atoms with Crippen molar-refractivity contribution in [3.8, 4) is 147 Å². The van der Waals surface area contributed by atoms with E-state index in [4.69, 9.17) is 39.4 Å². The Morgan fingerprint density at radius 3 is 0.900 bits per heavy atom. The van der Waals surface area contributed by atoms with Gasteiger partial charge in [0.2, 0.25) is 0 Å². The maximum atomic E-state index is 7.24. The van der Waals surface area contributed by atoms with Gasteiger partial charge in [0.1, 0.15) is 23.0 Å². The van der Waals surface area contributed by atoms with Gasteiger partial charge in [-0.25, -0.2) is 29.9 Å². The Morgan fingerprint density at radius 1 is 0.160 bits per heavy atom. The molecule has 8 nitrogen and oxygen atoms in total. The van der Waals surface area contributed by atoms with Crippen molar-refractivity contribution in [3.63, 3.8) is 0 Å². The number of hydrogen-bond donors (Lipinski definition) is 0. The average Bonchev–Trinajstić information content (AvgIpc) is 1.49. The average molecular weight is 1280 g/mol. The molecule has 0 saturated heterocycles. The zero-order valence-electron chi connectivity index (χ0n) is 53.8. The summed E-state index contributed by atoms with van der Waals surface area (Å²) in [6.07, 6.45) is 0. The summed E-state index contributed by atoms with van der Waals surface area (Å²) in [5.74, 6) is 6.69. The van der Waals surface area contributed by atoms with E-state index in [1.54, 1.807) is 0 Å². The smallest absolute Gasteiger partial charge is 0.164 e. The van der Waals surface area contributed by atoms with Gasteiger partial charge in [-0.05, 0) is 139 Å². The van der Waals surface area contributed by atoms with Crippen molar-refractivity contribution < 1.29 is 9.47 Å². The van der Waals surface area contributed by atoms with Gasteiger partial charge in [0, 0.05) is 55.6 Å². The Morgan fingerprint density at radius 2 is 0.430 bits per heavy atom. The third kappa shape index (κ3) is 8.87. The SMILES string of the molecule is c1ccc(-c2cccc(-c3nc(-c4ccccc4)nc(-c4ccc5c(c4)C4(c6ccc(-c7cccc(-c8ccc(-c9nc(-c%10ccccc%10)nc(-c%10ccc%11c(c%10)C%10(c%12ccccc%12O%11)c%11ccccc%11-c%11ccccc%11%10)n9)cc8)c7)cc6O5)c5ccccc5-c5ccccc54)n3)c2)cc1. The van der Waals surface area contributed by atoms with Crippen LogP contribution in [0.1, 0.15) is 44.5 Å². The molecule has 0 N–H and O–H groups in total. The second-order valence-electron chi connectivity index (χ2n) is 26.0. The predicted molar refractivity (Wildman–Crippen MR) is 397 cm³/mol. The molecule has 0 amide bonds. The Bertz CT molecular complexity index is 5900. The number of benzene rings is 14. The maximum absolute atomic E-state index is 7.24. The van der Waals surface area contributed by atoms with Gasteiger partial charge in [-0.15, -0.1) is 0 Å². The Labute approximate surface area is 578 Å². The third-order valence-corrected chi connectivity index (χ3v) is 20.5. The van der Waals surface area contributed by atoms with Gasteiger partial charge in [0.15, 0.2) is 34.9 Å². The van der Waals surface area contributed by atoms with Crippen molar-refractivity contribution in [2.45, 2.75) is 10.8 Å². The normalized spacial score (nSPS) is 13.3. The first kappa shape index (κ1) is 57.0. The minimum Gasteiger partial charge on any atom is -0.457 e. The molecule has 100 heavy (non-hydrogen) atoms. The van der Waals surface area contributed by atoms with Crippen molar-refractivity contribution in [3.05, 3.63) is 384 Å². The van der Waals surface area contributed by atoms with E-state index in [9.17, 15) is 0 Å². The standard InChI is InChI=1S/C92H56N6O2/c1-4-22-57(23-5-1)63-29-21-31-66(53-63)88-94-86(60-26-8-3-9-27-60)96-90(98-88)68-48-51-83-80(55-68)92(75-38-16-12-34-71(75)72-35-13-17-39-76(72)92)78-49-46-65(56-84(78)100-83)64-30-20-28-62(52-64)58-42-44-61(45-43-58)87-93-85(59-24-6-2-7-25-59)95-89(97-87)67-47-50-82-79(54-67)91(77-40-18-19-41-81(77)99-82)73-36-14-10-32-69(73)70-33-11-15-37-74(70)91/h1-56H. The van der Waals surface area contributed by atoms with Crippen LogP contribution >= 0.6 is 0 Å². The van der Waals surface area contributed by atoms with E-state index in [-0.39, 0.29) is 0 Å². The topological polar surface area (TPSA) is 95.8 Å². The molecule has 2 aromatic heterocycles. The molecule has 466 valence electrons. The summed E-state index contributed by atoms with van der Waals surface area (Å²) < 4.78 is 14.1. The van der Waals surface area contributed by atoms with Gasteiger partial charge in [-0.3, -0.25) is 0 Å². The third-order valence-electron chi connectivity index (χ3n) is 20.5. The highest BCUT2D eigenvalue weighted by atomic mass is 16.5. The summed E-state index contributed by atoms with van der Waals surface area (Å²) in [4.78, 5) is 31.5. The van der Waals surface area contributed by atoms with E-state index in [1.165, 1.54) is 44.5 Å². The van der Waals surface area contributed by atoms with Crippen LogP contribution in [0, 0.1) is 0 Å². The maximum Gasteiger partial charge on any atom is 0.164 e. The molecule has 2 aliphatic heterocycles. The molecule has 0 atom stereocenters. The fourth-order valence-corrected chi connectivity index (χ4v) is 16.1. The first-order chi connectivity index (χ1) is 49.5. The quantitative estimate of drug-likeness (QED) is 0.141. The molecule has 0 radical (unpaired) electrons. The fourth-order valence-electron chi connectivity index (χ4n) is 16.1. The summed E-state index contributed by atoms with van der Waals surface area (Å²) in [5.41, 5.74) is 24.2.